The van der Waals surface area contributed by atoms with Crippen molar-refractivity contribution in [2.24, 2.45) is 5.73 Å². The summed E-state index contributed by atoms with van der Waals surface area (Å²) in [5, 5.41) is 0. The minimum atomic E-state index is -0.113. The molecule has 0 aliphatic rings. The van der Waals surface area contributed by atoms with Crippen molar-refractivity contribution in [2.45, 2.75) is 24.0 Å². The predicted molar refractivity (Wildman–Crippen MR) is 78.4 cm³/mol. The van der Waals surface area contributed by atoms with E-state index >= 15 is 0 Å². The Labute approximate surface area is 116 Å². The molecule has 0 saturated heterocycles. The van der Waals surface area contributed by atoms with Crippen LogP contribution in [0.1, 0.15) is 17.1 Å². The van der Waals surface area contributed by atoms with Crippen molar-refractivity contribution in [1.29, 1.82) is 0 Å². The van der Waals surface area contributed by atoms with Crippen LogP contribution in [0.3, 0.4) is 0 Å². The summed E-state index contributed by atoms with van der Waals surface area (Å²) in [5.41, 5.74) is 7.35. The van der Waals surface area contributed by atoms with E-state index < -0.39 is 0 Å². The molecule has 0 saturated carbocycles. The van der Waals surface area contributed by atoms with Gasteiger partial charge in [0.2, 0.25) is 0 Å². The second-order valence-corrected chi connectivity index (χ2v) is 5.38. The Balaban J connectivity index is 2.09. The van der Waals surface area contributed by atoms with Gasteiger partial charge in [-0.15, -0.1) is 11.8 Å². The molecule has 0 atom stereocenters. The van der Waals surface area contributed by atoms with Gasteiger partial charge in [-0.2, -0.15) is 0 Å². The minimum Gasteiger partial charge on any atom is -0.330 e. The van der Waals surface area contributed by atoms with Gasteiger partial charge in [-0.1, -0.05) is 17.7 Å². The van der Waals surface area contributed by atoms with Crippen LogP contribution in [0.5, 0.6) is 0 Å². The molecule has 3 N–H and O–H groups in total. The quantitative estimate of drug-likeness (QED) is 0.817. The number of benzene rings is 1. The Morgan fingerprint density at radius 3 is 2.95 bits per heavy atom. The average Bonchev–Trinajstić information content (AvgIpc) is 2.36. The summed E-state index contributed by atoms with van der Waals surface area (Å²) >= 11 is 1.66. The fourth-order valence-electron chi connectivity index (χ4n) is 1.76. The number of nitrogens with one attached hydrogen (secondary N) is 1. The van der Waals surface area contributed by atoms with E-state index in [9.17, 15) is 4.79 Å². The van der Waals surface area contributed by atoms with Gasteiger partial charge in [0.1, 0.15) is 5.82 Å². The lowest BCUT2D eigenvalue weighted by atomic mass is 10.2. The predicted octanol–water partition coefficient (Wildman–Crippen LogP) is 1.87. The Kier molecular flexibility index (Phi) is 4.76. The SMILES string of the molecule is Cc1cccc(SCc2nc(CCN)cc(=O)[nH]2)c1. The van der Waals surface area contributed by atoms with Gasteiger partial charge >= 0.3 is 0 Å². The molecule has 1 aromatic heterocycles. The fourth-order valence-corrected chi connectivity index (χ4v) is 2.65. The first kappa shape index (κ1) is 13.8. The van der Waals surface area contributed by atoms with Crippen LogP contribution in [0.15, 0.2) is 40.0 Å². The lowest BCUT2D eigenvalue weighted by Gasteiger charge is -2.04. The van der Waals surface area contributed by atoms with Gasteiger partial charge in [0, 0.05) is 23.1 Å². The summed E-state index contributed by atoms with van der Waals surface area (Å²) in [6.07, 6.45) is 0.631. The van der Waals surface area contributed by atoms with Gasteiger partial charge < -0.3 is 10.7 Å². The third-order valence-corrected chi connectivity index (χ3v) is 3.61. The summed E-state index contributed by atoms with van der Waals surface area (Å²) in [7, 11) is 0. The van der Waals surface area contributed by atoms with Crippen molar-refractivity contribution in [2.75, 3.05) is 6.54 Å². The van der Waals surface area contributed by atoms with Crippen molar-refractivity contribution in [1.82, 2.24) is 9.97 Å². The number of nitrogens with zero attached hydrogens (tertiary/aromatic N) is 1. The van der Waals surface area contributed by atoms with Crippen LogP contribution < -0.4 is 11.3 Å². The molecule has 2 rings (SSSR count). The number of rotatable bonds is 5. The molecule has 2 aromatic rings. The summed E-state index contributed by atoms with van der Waals surface area (Å²) in [6.45, 7) is 2.56. The van der Waals surface area contributed by atoms with Crippen molar-refractivity contribution in [3.8, 4) is 0 Å². The van der Waals surface area contributed by atoms with E-state index in [4.69, 9.17) is 5.73 Å². The van der Waals surface area contributed by atoms with Crippen molar-refractivity contribution < 1.29 is 0 Å². The highest BCUT2D eigenvalue weighted by Gasteiger charge is 2.02. The highest BCUT2D eigenvalue weighted by Crippen LogP contribution is 2.21. The second-order valence-electron chi connectivity index (χ2n) is 4.33. The lowest BCUT2D eigenvalue weighted by molar-refractivity contribution is 0.872. The normalized spacial score (nSPS) is 10.6. The summed E-state index contributed by atoms with van der Waals surface area (Å²) < 4.78 is 0. The van der Waals surface area contributed by atoms with Crippen LogP contribution in [0.25, 0.3) is 0 Å². The molecule has 100 valence electrons. The smallest absolute Gasteiger partial charge is 0.251 e. The molecule has 0 aliphatic heterocycles. The molecule has 19 heavy (non-hydrogen) atoms. The Morgan fingerprint density at radius 2 is 2.21 bits per heavy atom. The number of H-pyrrole nitrogens is 1. The molecule has 1 heterocycles. The van der Waals surface area contributed by atoms with Crippen LogP contribution in [-0.2, 0) is 12.2 Å². The summed E-state index contributed by atoms with van der Waals surface area (Å²) in [4.78, 5) is 19.8. The van der Waals surface area contributed by atoms with Gasteiger partial charge in [0.05, 0.1) is 5.75 Å². The van der Waals surface area contributed by atoms with Crippen molar-refractivity contribution in [3.63, 3.8) is 0 Å². The minimum absolute atomic E-state index is 0.113. The van der Waals surface area contributed by atoms with Crippen molar-refractivity contribution in [3.05, 3.63) is 57.8 Å². The number of aryl methyl sites for hydroxylation is 1. The zero-order valence-corrected chi connectivity index (χ0v) is 11.7. The number of thioether (sulfide) groups is 1. The number of aromatic nitrogens is 2. The molecular weight excluding hydrogens is 258 g/mol. The molecule has 1 aromatic carbocycles. The fraction of sp³-hybridized carbons (Fsp3) is 0.286. The number of hydrogen-bond donors (Lipinski definition) is 2. The van der Waals surface area contributed by atoms with Crippen LogP contribution >= 0.6 is 11.8 Å². The Hall–Kier alpha value is -1.59. The topological polar surface area (TPSA) is 71.8 Å². The van der Waals surface area contributed by atoms with Gasteiger partial charge in [-0.3, -0.25) is 4.79 Å². The third-order valence-electron chi connectivity index (χ3n) is 2.61. The second kappa shape index (κ2) is 6.54. The van der Waals surface area contributed by atoms with E-state index in [0.29, 0.717) is 24.5 Å². The van der Waals surface area contributed by atoms with E-state index in [1.807, 2.05) is 6.07 Å². The molecule has 0 unspecified atom stereocenters. The van der Waals surface area contributed by atoms with E-state index in [-0.39, 0.29) is 5.56 Å². The maximum Gasteiger partial charge on any atom is 0.251 e. The molecule has 0 amide bonds. The Bertz CT molecular complexity index is 610. The Morgan fingerprint density at radius 1 is 1.37 bits per heavy atom. The third kappa shape index (κ3) is 4.22. The van der Waals surface area contributed by atoms with Crippen molar-refractivity contribution >= 4 is 11.8 Å². The van der Waals surface area contributed by atoms with E-state index in [1.165, 1.54) is 16.5 Å². The van der Waals surface area contributed by atoms with Crippen LogP contribution in [-0.4, -0.2) is 16.5 Å². The van der Waals surface area contributed by atoms with Gasteiger partial charge in [0.25, 0.3) is 5.56 Å². The monoisotopic (exact) mass is 275 g/mol. The zero-order valence-electron chi connectivity index (χ0n) is 10.8. The molecule has 0 bridgehead atoms. The standard InChI is InChI=1S/C14H17N3OS/c1-10-3-2-4-12(7-10)19-9-13-16-11(5-6-15)8-14(18)17-13/h2-4,7-8H,5-6,9,15H2,1H3,(H,16,17,18). The molecule has 0 radical (unpaired) electrons. The summed E-state index contributed by atoms with van der Waals surface area (Å²) in [5.74, 6) is 1.35. The highest BCUT2D eigenvalue weighted by atomic mass is 32.2. The number of nitrogens with two attached hydrogens (primary N) is 1. The van der Waals surface area contributed by atoms with Crippen LogP contribution in [0, 0.1) is 6.92 Å². The van der Waals surface area contributed by atoms with Crippen LogP contribution in [0.4, 0.5) is 0 Å². The number of hydrogen-bond acceptors (Lipinski definition) is 4. The molecule has 4 nitrogen and oxygen atoms in total. The number of aromatic amines is 1. The average molecular weight is 275 g/mol. The first-order chi connectivity index (χ1) is 9.17. The summed E-state index contributed by atoms with van der Waals surface area (Å²) in [6, 6.07) is 9.77. The zero-order chi connectivity index (χ0) is 13.7. The maximum atomic E-state index is 11.5. The molecule has 5 heteroatoms. The first-order valence-corrected chi connectivity index (χ1v) is 7.14. The molecule has 0 aliphatic carbocycles. The maximum absolute atomic E-state index is 11.5. The highest BCUT2D eigenvalue weighted by molar-refractivity contribution is 7.98. The van der Waals surface area contributed by atoms with E-state index in [1.54, 1.807) is 11.8 Å². The van der Waals surface area contributed by atoms with Gasteiger partial charge in [-0.25, -0.2) is 4.98 Å². The van der Waals surface area contributed by atoms with Crippen LogP contribution in [0.2, 0.25) is 0 Å². The lowest BCUT2D eigenvalue weighted by Crippen LogP contribution is -2.14. The van der Waals surface area contributed by atoms with E-state index in [0.717, 1.165) is 5.69 Å². The van der Waals surface area contributed by atoms with E-state index in [2.05, 4.69) is 35.1 Å². The first-order valence-electron chi connectivity index (χ1n) is 6.16. The largest absolute Gasteiger partial charge is 0.330 e. The van der Waals surface area contributed by atoms with Gasteiger partial charge in [0.15, 0.2) is 0 Å². The molecule has 0 spiro atoms. The molecule has 0 fully saturated rings. The molecular formula is C14H17N3OS. The van der Waals surface area contributed by atoms with Gasteiger partial charge in [-0.05, 0) is 25.6 Å².